The summed E-state index contributed by atoms with van der Waals surface area (Å²) in [5, 5.41) is 5.42. The fourth-order valence-corrected chi connectivity index (χ4v) is 2.83. The van der Waals surface area contributed by atoms with Gasteiger partial charge in [-0.15, -0.1) is 0 Å². The van der Waals surface area contributed by atoms with Gasteiger partial charge in [-0.3, -0.25) is 14.9 Å². The van der Waals surface area contributed by atoms with Crippen LogP contribution in [0.4, 0.5) is 5.69 Å². The highest BCUT2D eigenvalue weighted by atomic mass is 16.5. The Morgan fingerprint density at radius 3 is 2.85 bits per heavy atom. The van der Waals surface area contributed by atoms with E-state index >= 15 is 0 Å². The molecule has 1 aliphatic heterocycles. The molecule has 130 valence electrons. The fourth-order valence-electron chi connectivity index (χ4n) is 2.83. The lowest BCUT2D eigenvalue weighted by atomic mass is 10.1. The summed E-state index contributed by atoms with van der Waals surface area (Å²) in [4.78, 5) is 27.9. The second-order valence-electron chi connectivity index (χ2n) is 5.73. The maximum absolute atomic E-state index is 11.9. The summed E-state index contributed by atoms with van der Waals surface area (Å²) in [6.07, 6.45) is 1.62. The highest BCUT2D eigenvalue weighted by Crippen LogP contribution is 2.26. The minimum atomic E-state index is -0.400. The Hall–Kier alpha value is -3.61. The number of rotatable bonds is 5. The zero-order valence-corrected chi connectivity index (χ0v) is 13.9. The monoisotopic (exact) mass is 349 g/mol. The van der Waals surface area contributed by atoms with Crippen LogP contribution < -0.4 is 15.4 Å². The number of aromatic nitrogens is 1. The number of nitrogens with zero attached hydrogens (tertiary/aromatic N) is 1. The third-order valence-corrected chi connectivity index (χ3v) is 4.09. The van der Waals surface area contributed by atoms with E-state index in [-0.39, 0.29) is 5.91 Å². The first-order valence-electron chi connectivity index (χ1n) is 7.97. The number of hydrogen-bond donors (Lipinski definition) is 2. The number of fused-ring (bicyclic) bond motifs is 1. The normalized spacial score (nSPS) is 12.7. The number of nitrogens with one attached hydrogen (secondary N) is 2. The van der Waals surface area contributed by atoms with Crippen molar-refractivity contribution in [3.05, 3.63) is 65.5 Å². The van der Waals surface area contributed by atoms with Crippen LogP contribution in [0.1, 0.15) is 26.5 Å². The molecule has 0 fully saturated rings. The molecule has 2 heterocycles. The van der Waals surface area contributed by atoms with Crippen LogP contribution in [0.2, 0.25) is 0 Å². The van der Waals surface area contributed by atoms with Crippen molar-refractivity contribution in [2.24, 2.45) is 0 Å². The van der Waals surface area contributed by atoms with Gasteiger partial charge in [0.2, 0.25) is 5.89 Å². The standard InChI is InChI=1S/C19H15N3O4/c1-25-12-5-2-4-11(8-12)19-21-10-13(26-19)9-20-15-7-3-6-14-16(15)18(24)22-17(14)23/h2-8,10,20H,9H2,1H3,(H,22,23,24). The van der Waals surface area contributed by atoms with Gasteiger partial charge in [-0.2, -0.15) is 0 Å². The highest BCUT2D eigenvalue weighted by molar-refractivity contribution is 6.23. The van der Waals surface area contributed by atoms with Crippen LogP contribution in [-0.2, 0) is 6.54 Å². The number of hydrogen-bond acceptors (Lipinski definition) is 6. The lowest BCUT2D eigenvalue weighted by Gasteiger charge is -2.07. The minimum Gasteiger partial charge on any atom is -0.497 e. The molecule has 3 aromatic rings. The minimum absolute atomic E-state index is 0.328. The summed E-state index contributed by atoms with van der Waals surface area (Å²) in [5.74, 6) is 1.02. The predicted molar refractivity (Wildman–Crippen MR) is 94.1 cm³/mol. The second kappa shape index (κ2) is 6.36. The fraction of sp³-hybridized carbons (Fsp3) is 0.105. The van der Waals surface area contributed by atoms with Crippen molar-refractivity contribution in [3.8, 4) is 17.2 Å². The molecule has 7 heteroatoms. The number of imide groups is 1. The SMILES string of the molecule is COc1cccc(-c2ncc(CNc3cccc4c3C(=O)NC4=O)o2)c1. The molecule has 1 aromatic heterocycles. The Morgan fingerprint density at radius 2 is 2.00 bits per heavy atom. The van der Waals surface area contributed by atoms with Crippen molar-refractivity contribution in [1.82, 2.24) is 10.3 Å². The maximum atomic E-state index is 11.9. The van der Waals surface area contributed by atoms with Gasteiger partial charge in [0.05, 0.1) is 31.0 Å². The van der Waals surface area contributed by atoms with E-state index in [4.69, 9.17) is 9.15 Å². The van der Waals surface area contributed by atoms with Crippen molar-refractivity contribution in [1.29, 1.82) is 0 Å². The van der Waals surface area contributed by atoms with Gasteiger partial charge in [0.1, 0.15) is 11.5 Å². The van der Waals surface area contributed by atoms with Gasteiger partial charge in [0.25, 0.3) is 11.8 Å². The van der Waals surface area contributed by atoms with Crippen molar-refractivity contribution in [2.45, 2.75) is 6.54 Å². The molecule has 0 spiro atoms. The molecule has 0 radical (unpaired) electrons. The van der Waals surface area contributed by atoms with Gasteiger partial charge in [-0.05, 0) is 30.3 Å². The Labute approximate surface area is 149 Å². The number of carbonyl (C=O) groups excluding carboxylic acids is 2. The first-order valence-corrected chi connectivity index (χ1v) is 7.97. The number of carbonyl (C=O) groups is 2. The van der Waals surface area contributed by atoms with Gasteiger partial charge < -0.3 is 14.5 Å². The predicted octanol–water partition coefficient (Wildman–Crippen LogP) is 2.85. The molecule has 2 N–H and O–H groups in total. The van der Waals surface area contributed by atoms with Gasteiger partial charge in [0, 0.05) is 11.3 Å². The number of anilines is 1. The Morgan fingerprint density at radius 1 is 1.15 bits per heavy atom. The Bertz CT molecular complexity index is 1010. The average molecular weight is 349 g/mol. The largest absolute Gasteiger partial charge is 0.497 e. The molecule has 0 bridgehead atoms. The summed E-state index contributed by atoms with van der Waals surface area (Å²) < 4.78 is 11.0. The van der Waals surface area contributed by atoms with Crippen molar-refractivity contribution < 1.29 is 18.7 Å². The molecule has 0 saturated carbocycles. The van der Waals surface area contributed by atoms with E-state index in [0.29, 0.717) is 35.0 Å². The van der Waals surface area contributed by atoms with Crippen molar-refractivity contribution >= 4 is 17.5 Å². The van der Waals surface area contributed by atoms with Crippen LogP contribution in [0, 0.1) is 0 Å². The molecule has 26 heavy (non-hydrogen) atoms. The summed E-state index contributed by atoms with van der Waals surface area (Å²) in [6.45, 7) is 0.328. The van der Waals surface area contributed by atoms with E-state index < -0.39 is 5.91 Å². The van der Waals surface area contributed by atoms with E-state index in [1.807, 2.05) is 24.3 Å². The lowest BCUT2D eigenvalue weighted by molar-refractivity contribution is 0.0880. The number of methoxy groups -OCH3 is 1. The number of ether oxygens (including phenoxy) is 1. The number of benzene rings is 2. The van der Waals surface area contributed by atoms with Crippen LogP contribution in [0.3, 0.4) is 0 Å². The second-order valence-corrected chi connectivity index (χ2v) is 5.73. The quantitative estimate of drug-likeness (QED) is 0.688. The zero-order valence-electron chi connectivity index (χ0n) is 13.9. The molecule has 4 rings (SSSR count). The summed E-state index contributed by atoms with van der Waals surface area (Å²) in [7, 11) is 1.60. The molecule has 2 aromatic carbocycles. The van der Waals surface area contributed by atoms with E-state index in [9.17, 15) is 9.59 Å². The third-order valence-electron chi connectivity index (χ3n) is 4.09. The van der Waals surface area contributed by atoms with E-state index in [2.05, 4.69) is 15.6 Å². The van der Waals surface area contributed by atoms with Gasteiger partial charge in [-0.1, -0.05) is 12.1 Å². The topological polar surface area (TPSA) is 93.5 Å². The van der Waals surface area contributed by atoms with Crippen LogP contribution in [0.5, 0.6) is 5.75 Å². The molecule has 1 aliphatic rings. The molecule has 7 nitrogen and oxygen atoms in total. The van der Waals surface area contributed by atoms with Crippen molar-refractivity contribution in [3.63, 3.8) is 0 Å². The summed E-state index contributed by atoms with van der Waals surface area (Å²) >= 11 is 0. The summed E-state index contributed by atoms with van der Waals surface area (Å²) in [5.41, 5.74) is 2.10. The third kappa shape index (κ3) is 2.79. The Balaban J connectivity index is 1.53. The van der Waals surface area contributed by atoms with Crippen LogP contribution >= 0.6 is 0 Å². The molecule has 2 amide bonds. The Kier molecular flexibility index (Phi) is 3.89. The van der Waals surface area contributed by atoms with E-state index in [1.54, 1.807) is 31.5 Å². The number of oxazole rings is 1. The molecule has 0 unspecified atom stereocenters. The van der Waals surface area contributed by atoms with E-state index in [1.165, 1.54) is 0 Å². The lowest BCUT2D eigenvalue weighted by Crippen LogP contribution is -2.20. The highest BCUT2D eigenvalue weighted by Gasteiger charge is 2.29. The summed E-state index contributed by atoms with van der Waals surface area (Å²) in [6, 6.07) is 12.5. The maximum Gasteiger partial charge on any atom is 0.261 e. The molecule has 0 aliphatic carbocycles. The van der Waals surface area contributed by atoms with Gasteiger partial charge >= 0.3 is 0 Å². The van der Waals surface area contributed by atoms with Gasteiger partial charge in [0.15, 0.2) is 0 Å². The smallest absolute Gasteiger partial charge is 0.261 e. The van der Waals surface area contributed by atoms with Crippen LogP contribution in [0.25, 0.3) is 11.5 Å². The van der Waals surface area contributed by atoms with E-state index in [0.717, 1.165) is 11.3 Å². The first-order chi connectivity index (χ1) is 12.7. The number of amides is 2. The van der Waals surface area contributed by atoms with Crippen molar-refractivity contribution in [2.75, 3.05) is 12.4 Å². The first kappa shape index (κ1) is 15.9. The molecule has 0 atom stereocenters. The van der Waals surface area contributed by atoms with Crippen LogP contribution in [0.15, 0.2) is 53.1 Å². The molecular weight excluding hydrogens is 334 g/mol. The zero-order chi connectivity index (χ0) is 18.1. The van der Waals surface area contributed by atoms with Crippen LogP contribution in [-0.4, -0.2) is 23.9 Å². The average Bonchev–Trinajstić information content (AvgIpc) is 3.25. The van der Waals surface area contributed by atoms with Gasteiger partial charge in [-0.25, -0.2) is 4.98 Å². The molecule has 0 saturated heterocycles. The molecular formula is C19H15N3O4.